The van der Waals surface area contributed by atoms with Crippen molar-refractivity contribution in [2.45, 2.75) is 31.5 Å². The van der Waals surface area contributed by atoms with Crippen LogP contribution in [0.2, 0.25) is 5.02 Å². The van der Waals surface area contributed by atoms with Gasteiger partial charge in [0.1, 0.15) is 11.9 Å². The second-order valence-corrected chi connectivity index (χ2v) is 10.6. The second kappa shape index (κ2) is 11.9. The lowest BCUT2D eigenvalue weighted by molar-refractivity contribution is -0.137. The van der Waals surface area contributed by atoms with Crippen molar-refractivity contribution in [2.75, 3.05) is 13.1 Å². The minimum atomic E-state index is -4.47. The Morgan fingerprint density at radius 2 is 1.59 bits per heavy atom. The lowest BCUT2D eigenvalue weighted by Crippen LogP contribution is -2.46. The summed E-state index contributed by atoms with van der Waals surface area (Å²) in [4.78, 5) is 19.2. The zero-order valence-electron chi connectivity index (χ0n) is 22.1. The first-order valence-corrected chi connectivity index (χ1v) is 13.6. The third-order valence-electron chi connectivity index (χ3n) is 7.53. The van der Waals surface area contributed by atoms with Crippen molar-refractivity contribution < 1.29 is 27.1 Å². The minimum Gasteiger partial charge on any atom is -0.474 e. The first kappa shape index (κ1) is 28.6. The van der Waals surface area contributed by atoms with Crippen molar-refractivity contribution in [3.8, 4) is 17.0 Å². The van der Waals surface area contributed by atoms with Crippen LogP contribution in [0.5, 0.6) is 5.88 Å². The number of rotatable bonds is 6. The summed E-state index contributed by atoms with van der Waals surface area (Å²) in [6.07, 6.45) is -3.47. The third kappa shape index (κ3) is 6.70. The number of ether oxygens (including phenoxy) is 1. The molecule has 0 unspecified atom stereocenters. The molecule has 1 aliphatic rings. The van der Waals surface area contributed by atoms with Gasteiger partial charge in [-0.1, -0.05) is 48.0 Å². The maximum Gasteiger partial charge on any atom is 0.417 e. The lowest BCUT2D eigenvalue weighted by Gasteiger charge is -2.41. The molecule has 2 heterocycles. The number of carbonyl (C=O) groups excluding carboxylic acids is 1. The molecular formula is C32H27ClF4N2O2. The normalized spacial score (nSPS) is 18.1. The summed E-state index contributed by atoms with van der Waals surface area (Å²) in [5, 5.41) is 0.591. The van der Waals surface area contributed by atoms with Gasteiger partial charge in [-0.15, -0.1) is 0 Å². The fourth-order valence-corrected chi connectivity index (χ4v) is 5.43. The van der Waals surface area contributed by atoms with Gasteiger partial charge in [-0.2, -0.15) is 13.2 Å². The first-order chi connectivity index (χ1) is 19.6. The van der Waals surface area contributed by atoms with Crippen LogP contribution in [-0.2, 0) is 6.18 Å². The van der Waals surface area contributed by atoms with Gasteiger partial charge in [-0.3, -0.25) is 4.79 Å². The number of hydrogen-bond donors (Lipinski definition) is 0. The Labute approximate surface area is 240 Å². The number of alkyl halides is 3. The highest BCUT2D eigenvalue weighted by molar-refractivity contribution is 6.30. The number of halogens is 5. The van der Waals surface area contributed by atoms with Gasteiger partial charge in [0.25, 0.3) is 5.91 Å². The van der Waals surface area contributed by atoms with Gasteiger partial charge < -0.3 is 9.64 Å². The van der Waals surface area contributed by atoms with Gasteiger partial charge in [0.05, 0.1) is 5.56 Å². The van der Waals surface area contributed by atoms with E-state index in [2.05, 4.69) is 4.98 Å². The Morgan fingerprint density at radius 3 is 2.17 bits per heavy atom. The number of amides is 1. The molecule has 4 aromatic rings. The quantitative estimate of drug-likeness (QED) is 0.215. The van der Waals surface area contributed by atoms with E-state index in [-0.39, 0.29) is 35.5 Å². The van der Waals surface area contributed by atoms with E-state index < -0.39 is 11.7 Å². The highest BCUT2D eigenvalue weighted by Gasteiger charge is 2.37. The topological polar surface area (TPSA) is 42.4 Å². The number of benzene rings is 3. The zero-order valence-corrected chi connectivity index (χ0v) is 22.9. The van der Waals surface area contributed by atoms with Crippen molar-refractivity contribution in [3.63, 3.8) is 0 Å². The number of carbonyl (C=O) groups is 1. The van der Waals surface area contributed by atoms with E-state index in [9.17, 15) is 22.4 Å². The lowest BCUT2D eigenvalue weighted by atomic mass is 9.77. The molecule has 0 bridgehead atoms. The van der Waals surface area contributed by atoms with Gasteiger partial charge in [0.15, 0.2) is 0 Å². The van der Waals surface area contributed by atoms with E-state index in [1.165, 1.54) is 18.2 Å². The second-order valence-electron chi connectivity index (χ2n) is 10.2. The van der Waals surface area contributed by atoms with Gasteiger partial charge in [-0.25, -0.2) is 9.37 Å². The maximum atomic E-state index is 13.5. The molecule has 1 aliphatic heterocycles. The summed E-state index contributed by atoms with van der Waals surface area (Å²) < 4.78 is 58.1. The fraction of sp³-hybridized carbons (Fsp3) is 0.250. The number of piperidine rings is 1. The molecule has 0 N–H and O–H groups in total. The molecule has 0 spiro atoms. The highest BCUT2D eigenvalue weighted by Crippen LogP contribution is 2.37. The Morgan fingerprint density at radius 1 is 0.951 bits per heavy atom. The summed E-state index contributed by atoms with van der Waals surface area (Å²) in [7, 11) is 0. The molecule has 212 valence electrons. The van der Waals surface area contributed by atoms with E-state index in [1.807, 2.05) is 36.1 Å². The Hall–Kier alpha value is -3.91. The van der Waals surface area contributed by atoms with E-state index in [0.29, 0.717) is 30.1 Å². The maximum absolute atomic E-state index is 13.5. The van der Waals surface area contributed by atoms with Crippen LogP contribution >= 0.6 is 11.6 Å². The molecule has 1 fully saturated rings. The number of pyridine rings is 1. The van der Waals surface area contributed by atoms with Crippen LogP contribution in [0, 0.1) is 11.7 Å². The third-order valence-corrected chi connectivity index (χ3v) is 7.79. The van der Waals surface area contributed by atoms with Gasteiger partial charge in [0, 0.05) is 47.8 Å². The van der Waals surface area contributed by atoms with Crippen molar-refractivity contribution in [2.24, 2.45) is 5.92 Å². The molecule has 1 amide bonds. The largest absolute Gasteiger partial charge is 0.474 e. The summed E-state index contributed by atoms with van der Waals surface area (Å²) >= 11 is 6.13. The monoisotopic (exact) mass is 582 g/mol. The standard InChI is InChI=1S/C32H27ClF4N2O2/c1-20(41-30-15-10-25(18-38-30)32(35,36)37)28-16-17-39(19-29(28)23-6-11-26(33)12-7-23)31(40)24-4-2-21(3-5-24)22-8-13-27(34)14-9-22/h2-15,18,20,28-29H,16-17,19H2,1H3/t20-,28+,29+/m0/s1. The van der Waals surface area contributed by atoms with Crippen LogP contribution in [0.15, 0.2) is 91.1 Å². The fourth-order valence-electron chi connectivity index (χ4n) is 5.30. The van der Waals surface area contributed by atoms with E-state index >= 15 is 0 Å². The molecule has 5 rings (SSSR count). The summed E-state index contributed by atoms with van der Waals surface area (Å²) in [6, 6.07) is 23.0. The predicted molar refractivity (Wildman–Crippen MR) is 149 cm³/mol. The number of hydrogen-bond acceptors (Lipinski definition) is 3. The van der Waals surface area contributed by atoms with Gasteiger partial charge in [0.2, 0.25) is 5.88 Å². The zero-order chi connectivity index (χ0) is 29.1. The van der Waals surface area contributed by atoms with Crippen LogP contribution in [0.1, 0.15) is 40.7 Å². The van der Waals surface area contributed by atoms with Crippen LogP contribution in [0.25, 0.3) is 11.1 Å². The average Bonchev–Trinajstić information content (AvgIpc) is 2.97. The predicted octanol–water partition coefficient (Wildman–Crippen LogP) is 8.27. The smallest absolute Gasteiger partial charge is 0.417 e. The molecule has 3 aromatic carbocycles. The SMILES string of the molecule is C[C@H](Oc1ccc(C(F)(F)F)cn1)[C@H]1CCN(C(=O)c2ccc(-c3ccc(F)cc3)cc2)C[C@@H]1c1ccc(Cl)cc1. The van der Waals surface area contributed by atoms with E-state index in [4.69, 9.17) is 16.3 Å². The summed E-state index contributed by atoms with van der Waals surface area (Å²) in [5.74, 6) is -0.446. The minimum absolute atomic E-state index is 0.0369. The van der Waals surface area contributed by atoms with Crippen LogP contribution in [0.4, 0.5) is 17.6 Å². The van der Waals surface area contributed by atoms with Crippen molar-refractivity contribution in [3.05, 3.63) is 119 Å². The van der Waals surface area contributed by atoms with Crippen LogP contribution < -0.4 is 4.74 Å². The highest BCUT2D eigenvalue weighted by atomic mass is 35.5. The number of aromatic nitrogens is 1. The molecule has 3 atom stereocenters. The average molecular weight is 583 g/mol. The summed E-state index contributed by atoms with van der Waals surface area (Å²) in [6.45, 7) is 2.79. The number of likely N-dealkylation sites (tertiary alicyclic amines) is 1. The van der Waals surface area contributed by atoms with E-state index in [1.54, 1.807) is 36.4 Å². The molecule has 4 nitrogen and oxygen atoms in total. The van der Waals surface area contributed by atoms with Crippen LogP contribution in [-0.4, -0.2) is 35.0 Å². The molecule has 41 heavy (non-hydrogen) atoms. The summed E-state index contributed by atoms with van der Waals surface area (Å²) in [5.41, 5.74) is 2.42. The molecule has 0 radical (unpaired) electrons. The van der Waals surface area contributed by atoms with Crippen molar-refractivity contribution in [1.82, 2.24) is 9.88 Å². The number of nitrogens with zero attached hydrogens (tertiary/aromatic N) is 2. The van der Waals surface area contributed by atoms with Crippen molar-refractivity contribution in [1.29, 1.82) is 0 Å². The molecule has 0 saturated carbocycles. The molecular weight excluding hydrogens is 556 g/mol. The van der Waals surface area contributed by atoms with Gasteiger partial charge >= 0.3 is 6.18 Å². The Bertz CT molecular complexity index is 1480. The molecule has 1 aromatic heterocycles. The van der Waals surface area contributed by atoms with Crippen LogP contribution in [0.3, 0.4) is 0 Å². The molecule has 0 aliphatic carbocycles. The molecule has 1 saturated heterocycles. The van der Waals surface area contributed by atoms with E-state index in [0.717, 1.165) is 29.0 Å². The Kier molecular flexibility index (Phi) is 8.31. The molecule has 9 heteroatoms. The van der Waals surface area contributed by atoms with Gasteiger partial charge in [-0.05, 0) is 72.5 Å². The van der Waals surface area contributed by atoms with Crippen molar-refractivity contribution >= 4 is 17.5 Å². The first-order valence-electron chi connectivity index (χ1n) is 13.2. The Balaban J connectivity index is 1.33.